The van der Waals surface area contributed by atoms with E-state index in [4.69, 9.17) is 4.74 Å². The minimum absolute atomic E-state index is 0.139. The van der Waals surface area contributed by atoms with Crippen molar-refractivity contribution >= 4 is 23.4 Å². The number of hydrogen-bond donors (Lipinski definition) is 0. The van der Waals surface area contributed by atoms with Crippen LogP contribution in [0.3, 0.4) is 0 Å². The van der Waals surface area contributed by atoms with Crippen LogP contribution in [0.1, 0.15) is 31.9 Å². The zero-order valence-electron chi connectivity index (χ0n) is 12.4. The highest BCUT2D eigenvalue weighted by molar-refractivity contribution is 6.55. The molecule has 0 atom stereocenters. The third-order valence-electron chi connectivity index (χ3n) is 2.87. The van der Waals surface area contributed by atoms with E-state index in [1.165, 1.54) is 4.90 Å². The maximum Gasteiger partial charge on any atom is 0.434 e. The molecule has 1 aromatic rings. The summed E-state index contributed by atoms with van der Waals surface area (Å²) in [6.45, 7) is 7.19. The van der Waals surface area contributed by atoms with Gasteiger partial charge in [0.1, 0.15) is 11.3 Å². The molecule has 0 fully saturated rings. The van der Waals surface area contributed by atoms with Gasteiger partial charge < -0.3 is 9.64 Å². The summed E-state index contributed by atoms with van der Waals surface area (Å²) in [6.07, 6.45) is -0.747. The largest absolute Gasteiger partial charge is 0.442 e. The smallest absolute Gasteiger partial charge is 0.434 e. The van der Waals surface area contributed by atoms with Gasteiger partial charge in [-0.2, -0.15) is 4.99 Å². The van der Waals surface area contributed by atoms with Crippen molar-refractivity contribution in [2.24, 2.45) is 4.99 Å². The first-order valence-corrected chi connectivity index (χ1v) is 6.40. The van der Waals surface area contributed by atoms with Gasteiger partial charge in [0, 0.05) is 12.6 Å². The Balaban J connectivity index is 2.41. The summed E-state index contributed by atoms with van der Waals surface area (Å²) in [7, 11) is 1.66. The zero-order chi connectivity index (χ0) is 15.1. The molecule has 0 unspecified atom stereocenters. The van der Waals surface area contributed by atoms with Gasteiger partial charge in [-0.15, -0.1) is 0 Å². The van der Waals surface area contributed by atoms with E-state index in [2.05, 4.69) is 4.99 Å². The highest BCUT2D eigenvalue weighted by Crippen LogP contribution is 2.29. The van der Waals surface area contributed by atoms with Crippen LogP contribution in [0.2, 0.25) is 0 Å². The molecule has 1 heterocycles. The monoisotopic (exact) mass is 274 g/mol. The molecule has 1 aliphatic heterocycles. The summed E-state index contributed by atoms with van der Waals surface area (Å²) >= 11 is 0. The molecule has 0 saturated carbocycles. The molecule has 5 nitrogen and oxygen atoms in total. The molecule has 106 valence electrons. The van der Waals surface area contributed by atoms with Crippen LogP contribution in [0.25, 0.3) is 0 Å². The fraction of sp³-hybridized carbons (Fsp3) is 0.400. The number of anilines is 1. The Morgan fingerprint density at radius 1 is 1.30 bits per heavy atom. The first-order valence-electron chi connectivity index (χ1n) is 6.40. The lowest BCUT2D eigenvalue weighted by Gasteiger charge is -2.17. The second-order valence-corrected chi connectivity index (χ2v) is 5.83. The molecule has 0 aliphatic carbocycles. The molecule has 0 saturated heterocycles. The van der Waals surface area contributed by atoms with E-state index in [1.807, 2.05) is 25.1 Å². The van der Waals surface area contributed by atoms with Crippen molar-refractivity contribution in [3.05, 3.63) is 29.3 Å². The van der Waals surface area contributed by atoms with Crippen molar-refractivity contribution in [3.63, 3.8) is 0 Å². The van der Waals surface area contributed by atoms with Gasteiger partial charge in [-0.1, -0.05) is 11.6 Å². The lowest BCUT2D eigenvalue weighted by atomic mass is 10.1. The molecule has 0 N–H and O–H groups in total. The van der Waals surface area contributed by atoms with E-state index in [-0.39, 0.29) is 11.6 Å². The minimum Gasteiger partial charge on any atom is -0.442 e. The number of benzene rings is 1. The Morgan fingerprint density at radius 3 is 2.55 bits per heavy atom. The second-order valence-electron chi connectivity index (χ2n) is 5.83. The predicted molar refractivity (Wildman–Crippen MR) is 77.4 cm³/mol. The van der Waals surface area contributed by atoms with Gasteiger partial charge in [0.25, 0.3) is 5.91 Å². The Bertz CT molecular complexity index is 612. The molecule has 0 radical (unpaired) electrons. The average Bonchev–Trinajstić information content (AvgIpc) is 2.52. The van der Waals surface area contributed by atoms with Crippen LogP contribution in [0, 0.1) is 6.92 Å². The highest BCUT2D eigenvalue weighted by Gasteiger charge is 2.32. The Kier molecular flexibility index (Phi) is 3.38. The van der Waals surface area contributed by atoms with Crippen LogP contribution in [-0.2, 0) is 9.53 Å². The van der Waals surface area contributed by atoms with Crippen molar-refractivity contribution < 1.29 is 14.3 Å². The van der Waals surface area contributed by atoms with Crippen LogP contribution in [0.5, 0.6) is 0 Å². The van der Waals surface area contributed by atoms with E-state index in [1.54, 1.807) is 27.8 Å². The van der Waals surface area contributed by atoms with Crippen LogP contribution >= 0.6 is 0 Å². The van der Waals surface area contributed by atoms with Gasteiger partial charge in [-0.05, 0) is 39.8 Å². The molecule has 2 rings (SSSR count). The summed E-state index contributed by atoms with van der Waals surface area (Å²) in [5.74, 6) is -0.295. The average molecular weight is 274 g/mol. The first kappa shape index (κ1) is 14.2. The van der Waals surface area contributed by atoms with Crippen molar-refractivity contribution in [2.75, 3.05) is 11.9 Å². The fourth-order valence-electron chi connectivity index (χ4n) is 2.00. The SMILES string of the molecule is Cc1ccc2c(c1)/C(=N\C(=O)OC(C)(C)C)C(=O)N2C. The molecule has 5 heteroatoms. The van der Waals surface area contributed by atoms with E-state index >= 15 is 0 Å². The highest BCUT2D eigenvalue weighted by atomic mass is 16.6. The second kappa shape index (κ2) is 4.74. The molecule has 20 heavy (non-hydrogen) atoms. The summed E-state index contributed by atoms with van der Waals surface area (Å²) in [6, 6.07) is 5.61. The van der Waals surface area contributed by atoms with Crippen LogP contribution in [-0.4, -0.2) is 30.4 Å². The molecule has 0 bridgehead atoms. The molecular formula is C15H18N2O3. The number of aryl methyl sites for hydroxylation is 1. The number of nitrogens with zero attached hydrogens (tertiary/aromatic N) is 2. The summed E-state index contributed by atoms with van der Waals surface area (Å²) in [4.78, 5) is 29.3. The number of hydrogen-bond acceptors (Lipinski definition) is 3. The van der Waals surface area contributed by atoms with Gasteiger partial charge in [0.2, 0.25) is 0 Å². The number of carbonyl (C=O) groups excluding carboxylic acids is 2. The standard InChI is InChI=1S/C15H18N2O3/c1-9-6-7-11-10(8-9)12(13(18)17(11)5)16-14(19)20-15(2,3)4/h6-8H,1-5H3/b16-12+. The molecule has 0 spiro atoms. The number of amides is 2. The lowest BCUT2D eigenvalue weighted by molar-refractivity contribution is -0.112. The molecular weight excluding hydrogens is 256 g/mol. The Labute approximate surface area is 118 Å². The number of carbonyl (C=O) groups is 2. The van der Waals surface area contributed by atoms with Crippen LogP contribution in [0.15, 0.2) is 23.2 Å². The quantitative estimate of drug-likeness (QED) is 0.730. The maximum absolute atomic E-state index is 12.2. The van der Waals surface area contributed by atoms with E-state index in [0.29, 0.717) is 5.56 Å². The van der Waals surface area contributed by atoms with E-state index < -0.39 is 11.7 Å². The van der Waals surface area contributed by atoms with Gasteiger partial charge >= 0.3 is 6.09 Å². The molecule has 2 amide bonds. The molecule has 1 aromatic carbocycles. The van der Waals surface area contributed by atoms with Crippen molar-refractivity contribution in [1.29, 1.82) is 0 Å². The number of likely N-dealkylation sites (N-methyl/N-ethyl adjacent to an activating group) is 1. The third-order valence-corrected chi connectivity index (χ3v) is 2.87. The fourth-order valence-corrected chi connectivity index (χ4v) is 2.00. The lowest BCUT2D eigenvalue weighted by Crippen LogP contribution is -2.27. The minimum atomic E-state index is -0.747. The van der Waals surface area contributed by atoms with Crippen molar-refractivity contribution in [1.82, 2.24) is 0 Å². The maximum atomic E-state index is 12.2. The number of fused-ring (bicyclic) bond motifs is 1. The first-order chi connectivity index (χ1) is 9.19. The van der Waals surface area contributed by atoms with Crippen molar-refractivity contribution in [3.8, 4) is 0 Å². The van der Waals surface area contributed by atoms with Crippen LogP contribution < -0.4 is 4.90 Å². The van der Waals surface area contributed by atoms with Gasteiger partial charge in [-0.3, -0.25) is 4.79 Å². The van der Waals surface area contributed by atoms with Gasteiger partial charge in [0.05, 0.1) is 5.69 Å². The summed E-state index contributed by atoms with van der Waals surface area (Å²) in [5, 5.41) is 0. The number of aliphatic imine (C=N–C) groups is 1. The van der Waals surface area contributed by atoms with Crippen LogP contribution in [0.4, 0.5) is 10.5 Å². The molecule has 1 aliphatic rings. The summed E-state index contributed by atoms with van der Waals surface area (Å²) < 4.78 is 5.13. The topological polar surface area (TPSA) is 59.0 Å². The number of ether oxygens (including phenoxy) is 1. The predicted octanol–water partition coefficient (Wildman–Crippen LogP) is 2.70. The van der Waals surface area contributed by atoms with E-state index in [9.17, 15) is 9.59 Å². The third kappa shape index (κ3) is 2.71. The van der Waals surface area contributed by atoms with Gasteiger partial charge in [-0.25, -0.2) is 4.79 Å². The Morgan fingerprint density at radius 2 is 1.95 bits per heavy atom. The number of rotatable bonds is 0. The zero-order valence-corrected chi connectivity index (χ0v) is 12.4. The summed E-state index contributed by atoms with van der Waals surface area (Å²) in [5.41, 5.74) is 1.93. The van der Waals surface area contributed by atoms with Gasteiger partial charge in [0.15, 0.2) is 0 Å². The normalized spacial score (nSPS) is 16.6. The Hall–Kier alpha value is -2.17. The van der Waals surface area contributed by atoms with Crippen molar-refractivity contribution in [2.45, 2.75) is 33.3 Å². The van der Waals surface area contributed by atoms with E-state index in [0.717, 1.165) is 11.3 Å². The molecule has 0 aromatic heterocycles.